The zero-order valence-corrected chi connectivity index (χ0v) is 19.1. The van der Waals surface area contributed by atoms with Crippen molar-refractivity contribution >= 4 is 39.3 Å². The van der Waals surface area contributed by atoms with Crippen LogP contribution in [-0.4, -0.2) is 45.4 Å². The molecule has 1 atom stereocenters. The summed E-state index contributed by atoms with van der Waals surface area (Å²) in [6.45, 7) is 5.07. The fourth-order valence-electron chi connectivity index (χ4n) is 2.87. The largest absolute Gasteiger partial charge is 0.323 e. The summed E-state index contributed by atoms with van der Waals surface area (Å²) in [6.07, 6.45) is 2.99. The van der Waals surface area contributed by atoms with E-state index in [0.29, 0.717) is 4.47 Å². The van der Waals surface area contributed by atoms with Crippen LogP contribution in [0.5, 0.6) is 0 Å². The number of carbonyl (C=O) groups is 1. The lowest BCUT2D eigenvalue weighted by Gasteiger charge is -2.23. The van der Waals surface area contributed by atoms with E-state index in [1.807, 2.05) is 14.1 Å². The predicted molar refractivity (Wildman–Crippen MR) is 115 cm³/mol. The van der Waals surface area contributed by atoms with Crippen LogP contribution in [0.15, 0.2) is 27.8 Å². The lowest BCUT2D eigenvalue weighted by molar-refractivity contribution is -0.113. The molecule has 0 bridgehead atoms. The van der Waals surface area contributed by atoms with E-state index >= 15 is 0 Å². The Balaban J connectivity index is 2.09. The Hall–Kier alpha value is -1.45. The number of aromatic nitrogens is 3. The average molecular weight is 472 g/mol. The minimum Gasteiger partial charge on any atom is -0.323 e. The van der Waals surface area contributed by atoms with Gasteiger partial charge < -0.3 is 9.88 Å². The summed E-state index contributed by atoms with van der Waals surface area (Å²) in [5, 5.41) is 12.0. The van der Waals surface area contributed by atoms with Gasteiger partial charge in [0.05, 0.1) is 17.5 Å². The number of thioether (sulfide) groups is 1. The highest BCUT2D eigenvalue weighted by Gasteiger charge is 2.22. The van der Waals surface area contributed by atoms with E-state index in [2.05, 4.69) is 54.8 Å². The van der Waals surface area contributed by atoms with Gasteiger partial charge in [0.15, 0.2) is 11.0 Å². The van der Waals surface area contributed by atoms with Crippen LogP contribution in [0.2, 0.25) is 0 Å². The maximum absolute atomic E-state index is 13.9. The fourth-order valence-corrected chi connectivity index (χ4v) is 3.97. The monoisotopic (exact) mass is 471 g/mol. The lowest BCUT2D eigenvalue weighted by atomic mass is 10.2. The summed E-state index contributed by atoms with van der Waals surface area (Å²) >= 11 is 4.53. The van der Waals surface area contributed by atoms with Crippen molar-refractivity contribution in [2.75, 3.05) is 25.2 Å². The molecule has 9 heteroatoms. The molecule has 1 aromatic carbocycles. The third kappa shape index (κ3) is 6.02. The van der Waals surface area contributed by atoms with Crippen LogP contribution in [0.3, 0.4) is 0 Å². The second-order valence-electron chi connectivity index (χ2n) is 6.69. The molecule has 6 nitrogen and oxygen atoms in total. The Morgan fingerprint density at radius 3 is 2.71 bits per heavy atom. The molecule has 0 saturated carbocycles. The number of nitrogens with zero attached hydrogens (tertiary/aromatic N) is 4. The number of amides is 1. The summed E-state index contributed by atoms with van der Waals surface area (Å²) in [5.41, 5.74) is 0.167. The fraction of sp³-hybridized carbons (Fsp3) is 0.526. The quantitative estimate of drug-likeness (QED) is 0.507. The van der Waals surface area contributed by atoms with Gasteiger partial charge >= 0.3 is 0 Å². The smallest absolute Gasteiger partial charge is 0.234 e. The summed E-state index contributed by atoms with van der Waals surface area (Å²) in [6, 6.07) is 4.71. The summed E-state index contributed by atoms with van der Waals surface area (Å²) in [4.78, 5) is 14.4. The number of anilines is 1. The minimum absolute atomic E-state index is 0.137. The van der Waals surface area contributed by atoms with Gasteiger partial charge in [0.1, 0.15) is 5.82 Å². The van der Waals surface area contributed by atoms with E-state index in [0.717, 1.165) is 36.8 Å². The lowest BCUT2D eigenvalue weighted by Crippen LogP contribution is -2.23. The summed E-state index contributed by atoms with van der Waals surface area (Å²) in [5.74, 6) is 0.302. The molecule has 2 aromatic rings. The number of hydrogen-bond donors (Lipinski definition) is 1. The molecule has 2 rings (SSSR count). The normalized spacial score (nSPS) is 12.4. The van der Waals surface area contributed by atoms with Crippen LogP contribution in [0, 0.1) is 5.82 Å². The number of nitrogens with one attached hydrogen (secondary N) is 1. The molecule has 0 aliphatic heterocycles. The molecule has 0 spiro atoms. The van der Waals surface area contributed by atoms with Gasteiger partial charge in [-0.05, 0) is 45.1 Å². The maximum Gasteiger partial charge on any atom is 0.234 e. The van der Waals surface area contributed by atoms with E-state index < -0.39 is 5.82 Å². The third-order valence-corrected chi connectivity index (χ3v) is 5.79. The molecule has 1 unspecified atom stereocenters. The summed E-state index contributed by atoms with van der Waals surface area (Å²) in [7, 11) is 4.06. The first-order chi connectivity index (χ1) is 13.4. The zero-order chi connectivity index (χ0) is 20.7. The second kappa shape index (κ2) is 10.9. The molecule has 1 amide bonds. The molecule has 0 aliphatic rings. The Morgan fingerprint density at radius 1 is 1.36 bits per heavy atom. The van der Waals surface area contributed by atoms with Crippen molar-refractivity contribution in [3.05, 3.63) is 34.3 Å². The van der Waals surface area contributed by atoms with Crippen LogP contribution in [0.1, 0.15) is 45.0 Å². The first-order valence-corrected chi connectivity index (χ1v) is 11.1. The van der Waals surface area contributed by atoms with Gasteiger partial charge in [0, 0.05) is 11.0 Å². The van der Waals surface area contributed by atoms with Gasteiger partial charge in [0.25, 0.3) is 0 Å². The third-order valence-electron chi connectivity index (χ3n) is 4.33. The van der Waals surface area contributed by atoms with Gasteiger partial charge in [-0.2, -0.15) is 0 Å². The zero-order valence-electron chi connectivity index (χ0n) is 16.7. The van der Waals surface area contributed by atoms with E-state index in [1.54, 1.807) is 6.07 Å². The Morgan fingerprint density at radius 2 is 2.11 bits per heavy atom. The van der Waals surface area contributed by atoms with Crippen LogP contribution in [-0.2, 0) is 11.3 Å². The van der Waals surface area contributed by atoms with Crippen LogP contribution in [0.4, 0.5) is 10.1 Å². The van der Waals surface area contributed by atoms with Gasteiger partial charge in [-0.25, -0.2) is 4.39 Å². The number of hydrogen-bond acceptors (Lipinski definition) is 5. The minimum atomic E-state index is -0.474. The molecular formula is C19H27BrFN5OS. The molecule has 1 N–H and O–H groups in total. The molecule has 0 radical (unpaired) electrons. The number of halogens is 2. The Labute approximate surface area is 178 Å². The van der Waals surface area contributed by atoms with Crippen molar-refractivity contribution < 1.29 is 9.18 Å². The van der Waals surface area contributed by atoms with E-state index in [-0.39, 0.29) is 23.4 Å². The topological polar surface area (TPSA) is 63.1 Å². The first kappa shape index (κ1) is 22.8. The van der Waals surface area contributed by atoms with Crippen molar-refractivity contribution in [2.24, 2.45) is 0 Å². The summed E-state index contributed by atoms with van der Waals surface area (Å²) < 4.78 is 16.6. The van der Waals surface area contributed by atoms with Crippen LogP contribution in [0.25, 0.3) is 0 Å². The molecule has 1 aromatic heterocycles. The molecule has 0 saturated heterocycles. The number of unbranched alkanes of at least 4 members (excludes halogenated alkanes) is 1. The molecule has 1 heterocycles. The van der Waals surface area contributed by atoms with E-state index in [1.165, 1.54) is 23.9 Å². The van der Waals surface area contributed by atoms with Crippen LogP contribution >= 0.6 is 27.7 Å². The number of benzene rings is 1. The van der Waals surface area contributed by atoms with Crippen molar-refractivity contribution in [1.82, 2.24) is 19.7 Å². The number of rotatable bonds is 10. The SMILES string of the molecule is CCCCn1c(SCC(=O)Nc2ccc(Br)cc2F)nnc1C(CC)N(C)C. The van der Waals surface area contributed by atoms with Crippen molar-refractivity contribution in [2.45, 2.75) is 50.9 Å². The van der Waals surface area contributed by atoms with Crippen molar-refractivity contribution in [3.63, 3.8) is 0 Å². The molecule has 0 fully saturated rings. The average Bonchev–Trinajstić information content (AvgIpc) is 3.03. The van der Waals surface area contributed by atoms with Gasteiger partial charge in [0.2, 0.25) is 5.91 Å². The molecule has 0 aliphatic carbocycles. The van der Waals surface area contributed by atoms with Gasteiger partial charge in [-0.15, -0.1) is 10.2 Å². The van der Waals surface area contributed by atoms with E-state index in [9.17, 15) is 9.18 Å². The first-order valence-electron chi connectivity index (χ1n) is 9.34. The van der Waals surface area contributed by atoms with Crippen molar-refractivity contribution in [3.8, 4) is 0 Å². The molecule has 28 heavy (non-hydrogen) atoms. The van der Waals surface area contributed by atoms with Crippen LogP contribution < -0.4 is 5.32 Å². The highest BCUT2D eigenvalue weighted by atomic mass is 79.9. The maximum atomic E-state index is 13.9. The van der Waals surface area contributed by atoms with Gasteiger partial charge in [-0.3, -0.25) is 9.69 Å². The highest BCUT2D eigenvalue weighted by molar-refractivity contribution is 9.10. The Kier molecular flexibility index (Phi) is 8.91. The molecular weight excluding hydrogens is 445 g/mol. The Bertz CT molecular complexity index is 799. The van der Waals surface area contributed by atoms with Gasteiger partial charge in [-0.1, -0.05) is 48.0 Å². The standard InChI is InChI=1S/C19H27BrFN5OS/c1-5-7-10-26-18(16(6-2)25(3)4)23-24-19(26)28-12-17(27)22-15-9-8-13(20)11-14(15)21/h8-9,11,16H,5-7,10,12H2,1-4H3,(H,22,27). The second-order valence-corrected chi connectivity index (χ2v) is 8.55. The van der Waals surface area contributed by atoms with E-state index in [4.69, 9.17) is 0 Å². The van der Waals surface area contributed by atoms with Crippen molar-refractivity contribution in [1.29, 1.82) is 0 Å². The number of carbonyl (C=O) groups excluding carboxylic acids is 1. The highest BCUT2D eigenvalue weighted by Crippen LogP contribution is 2.26. The predicted octanol–water partition coefficient (Wildman–Crippen LogP) is 4.72. The molecule has 154 valence electrons.